The van der Waals surface area contributed by atoms with Gasteiger partial charge in [0.25, 0.3) is 0 Å². The van der Waals surface area contributed by atoms with E-state index in [0.29, 0.717) is 23.7 Å². The summed E-state index contributed by atoms with van der Waals surface area (Å²) in [6.45, 7) is 12.8. The van der Waals surface area contributed by atoms with Gasteiger partial charge in [-0.05, 0) is 42.9 Å². The summed E-state index contributed by atoms with van der Waals surface area (Å²) < 4.78 is 5.98. The molecule has 2 aliphatic carbocycles. The van der Waals surface area contributed by atoms with E-state index in [1.165, 1.54) is 12.8 Å². The van der Waals surface area contributed by atoms with Crippen LogP contribution in [0.25, 0.3) is 0 Å². The highest BCUT2D eigenvalue weighted by Gasteiger charge is 2.61. The Morgan fingerprint density at radius 2 is 2.06 bits per heavy atom. The molecule has 0 heterocycles. The maximum absolute atomic E-state index is 11.1. The van der Waals surface area contributed by atoms with Crippen LogP contribution in [-0.4, -0.2) is 18.5 Å². The van der Waals surface area contributed by atoms with Crippen LogP contribution in [0.1, 0.15) is 47.0 Å². The quantitative estimate of drug-likeness (QED) is 0.700. The predicted octanol–water partition coefficient (Wildman–Crippen LogP) is 3.36. The van der Waals surface area contributed by atoms with Crippen molar-refractivity contribution in [2.24, 2.45) is 16.7 Å². The molecule has 0 N–H and O–H groups in total. The third-order valence-electron chi connectivity index (χ3n) is 5.67. The van der Waals surface area contributed by atoms with Gasteiger partial charge in [-0.1, -0.05) is 27.4 Å². The van der Waals surface area contributed by atoms with Crippen molar-refractivity contribution in [1.29, 1.82) is 0 Å². The normalized spacial score (nSPS) is 38.4. The van der Waals surface area contributed by atoms with Crippen molar-refractivity contribution in [1.82, 2.24) is 0 Å². The Morgan fingerprint density at radius 3 is 2.47 bits per heavy atom. The first-order valence-corrected chi connectivity index (χ1v) is 6.59. The van der Waals surface area contributed by atoms with Gasteiger partial charge in [-0.2, -0.15) is 0 Å². The molecular weight excluding hydrogens is 212 g/mol. The first-order chi connectivity index (χ1) is 7.79. The Morgan fingerprint density at radius 1 is 1.41 bits per heavy atom. The number of rotatable bonds is 4. The van der Waals surface area contributed by atoms with Crippen molar-refractivity contribution < 1.29 is 9.53 Å². The Kier molecular flexibility index (Phi) is 2.97. The average molecular weight is 236 g/mol. The van der Waals surface area contributed by atoms with Crippen LogP contribution in [0.3, 0.4) is 0 Å². The lowest BCUT2D eigenvalue weighted by Gasteiger charge is -2.39. The minimum Gasteiger partial charge on any atom is -0.373 e. The van der Waals surface area contributed by atoms with Crippen molar-refractivity contribution in [2.45, 2.75) is 53.1 Å². The lowest BCUT2D eigenvalue weighted by molar-refractivity contribution is -0.115. The molecular formula is C15H24O2. The van der Waals surface area contributed by atoms with Crippen LogP contribution in [0.4, 0.5) is 0 Å². The largest absolute Gasteiger partial charge is 0.373 e. The van der Waals surface area contributed by atoms with E-state index in [4.69, 9.17) is 4.74 Å². The van der Waals surface area contributed by atoms with Crippen LogP contribution >= 0.6 is 0 Å². The fourth-order valence-corrected chi connectivity index (χ4v) is 3.69. The molecule has 2 rings (SSSR count). The highest BCUT2D eigenvalue weighted by molar-refractivity contribution is 5.92. The number of ether oxygens (including phenoxy) is 1. The van der Waals surface area contributed by atoms with Crippen LogP contribution in [0.5, 0.6) is 0 Å². The standard InChI is InChI=1S/C15H24O2/c1-10(11(2)16)9-17-13-8-12-6-7-15(13,5)14(12,3)4/h12-13H,1,6-9H2,2-5H3. The Bertz CT molecular complexity index is 356. The van der Waals surface area contributed by atoms with Crippen LogP contribution in [0.2, 0.25) is 0 Å². The number of Topliss-reactive ketones (excluding diaryl/α,β-unsaturated/α-hetero) is 1. The lowest BCUT2D eigenvalue weighted by Crippen LogP contribution is -2.37. The molecule has 2 fully saturated rings. The van der Waals surface area contributed by atoms with Gasteiger partial charge in [0.1, 0.15) is 0 Å². The summed E-state index contributed by atoms with van der Waals surface area (Å²) in [7, 11) is 0. The average Bonchev–Trinajstić information content (AvgIpc) is 2.57. The van der Waals surface area contributed by atoms with Gasteiger partial charge in [0.2, 0.25) is 0 Å². The molecule has 0 saturated heterocycles. The predicted molar refractivity (Wildman–Crippen MR) is 68.8 cm³/mol. The van der Waals surface area contributed by atoms with Crippen molar-refractivity contribution in [3.05, 3.63) is 12.2 Å². The van der Waals surface area contributed by atoms with Crippen molar-refractivity contribution >= 4 is 5.78 Å². The lowest BCUT2D eigenvalue weighted by atomic mass is 9.70. The van der Waals surface area contributed by atoms with Crippen molar-refractivity contribution in [3.8, 4) is 0 Å². The monoisotopic (exact) mass is 236 g/mol. The van der Waals surface area contributed by atoms with Gasteiger partial charge in [-0.15, -0.1) is 0 Å². The molecule has 0 aromatic carbocycles. The molecule has 17 heavy (non-hydrogen) atoms. The van der Waals surface area contributed by atoms with Crippen LogP contribution in [0, 0.1) is 16.7 Å². The van der Waals surface area contributed by atoms with Gasteiger partial charge in [0.05, 0.1) is 12.7 Å². The Balaban J connectivity index is 2.01. The van der Waals surface area contributed by atoms with Crippen LogP contribution < -0.4 is 0 Å². The second-order valence-corrected chi connectivity index (χ2v) is 6.57. The number of hydrogen-bond donors (Lipinski definition) is 0. The van der Waals surface area contributed by atoms with E-state index in [1.54, 1.807) is 6.92 Å². The van der Waals surface area contributed by atoms with Gasteiger partial charge in [0, 0.05) is 5.57 Å². The molecule has 96 valence electrons. The van der Waals surface area contributed by atoms with Gasteiger partial charge in [-0.3, -0.25) is 4.79 Å². The third kappa shape index (κ3) is 1.77. The maximum Gasteiger partial charge on any atom is 0.157 e. The zero-order chi connectivity index (χ0) is 12.8. The molecule has 2 aliphatic rings. The van der Waals surface area contributed by atoms with E-state index >= 15 is 0 Å². The van der Waals surface area contributed by atoms with Crippen LogP contribution in [-0.2, 0) is 9.53 Å². The molecule has 0 aliphatic heterocycles. The number of hydrogen-bond acceptors (Lipinski definition) is 2. The first kappa shape index (κ1) is 12.8. The zero-order valence-electron chi connectivity index (χ0n) is 11.5. The Labute approximate surface area is 104 Å². The summed E-state index contributed by atoms with van der Waals surface area (Å²) in [5.74, 6) is 0.820. The zero-order valence-corrected chi connectivity index (χ0v) is 11.5. The molecule has 0 radical (unpaired) electrons. The molecule has 0 amide bonds. The maximum atomic E-state index is 11.1. The molecule has 3 unspecified atom stereocenters. The van der Waals surface area contributed by atoms with E-state index in [1.807, 2.05) is 0 Å². The first-order valence-electron chi connectivity index (χ1n) is 6.59. The molecule has 0 spiro atoms. The minimum absolute atomic E-state index is 0.0394. The molecule has 0 aromatic rings. The van der Waals surface area contributed by atoms with E-state index < -0.39 is 0 Å². The summed E-state index contributed by atoms with van der Waals surface area (Å²) in [5, 5.41) is 0. The van der Waals surface area contributed by atoms with Gasteiger partial charge in [0.15, 0.2) is 5.78 Å². The van der Waals surface area contributed by atoms with Gasteiger partial charge < -0.3 is 4.74 Å². The summed E-state index contributed by atoms with van der Waals surface area (Å²) in [6.07, 6.45) is 4.03. The topological polar surface area (TPSA) is 26.3 Å². The molecule has 2 heteroatoms. The summed E-state index contributed by atoms with van der Waals surface area (Å²) >= 11 is 0. The summed E-state index contributed by atoms with van der Waals surface area (Å²) in [4.78, 5) is 11.1. The highest BCUT2D eigenvalue weighted by atomic mass is 16.5. The van der Waals surface area contributed by atoms with E-state index in [0.717, 1.165) is 12.3 Å². The second kappa shape index (κ2) is 3.94. The van der Waals surface area contributed by atoms with Crippen LogP contribution in [0.15, 0.2) is 12.2 Å². The van der Waals surface area contributed by atoms with E-state index in [9.17, 15) is 4.79 Å². The highest BCUT2D eigenvalue weighted by Crippen LogP contribution is 2.66. The van der Waals surface area contributed by atoms with Crippen molar-refractivity contribution in [2.75, 3.05) is 6.61 Å². The van der Waals surface area contributed by atoms with Crippen molar-refractivity contribution in [3.63, 3.8) is 0 Å². The summed E-state index contributed by atoms with van der Waals surface area (Å²) in [6, 6.07) is 0. The number of carbonyl (C=O) groups excluding carboxylic acids is 1. The summed E-state index contributed by atoms with van der Waals surface area (Å²) in [5.41, 5.74) is 1.23. The molecule has 0 aromatic heterocycles. The number of ketones is 1. The fourth-order valence-electron chi connectivity index (χ4n) is 3.69. The van der Waals surface area contributed by atoms with Gasteiger partial charge >= 0.3 is 0 Å². The Hall–Kier alpha value is -0.630. The fraction of sp³-hybridized carbons (Fsp3) is 0.800. The second-order valence-electron chi connectivity index (χ2n) is 6.57. The third-order valence-corrected chi connectivity index (χ3v) is 5.67. The number of carbonyl (C=O) groups is 1. The van der Waals surface area contributed by atoms with E-state index in [-0.39, 0.29) is 11.2 Å². The number of fused-ring (bicyclic) bond motifs is 2. The molecule has 3 atom stereocenters. The van der Waals surface area contributed by atoms with Gasteiger partial charge in [-0.25, -0.2) is 0 Å². The molecule has 2 nitrogen and oxygen atoms in total. The molecule has 2 saturated carbocycles. The molecule has 2 bridgehead atoms. The minimum atomic E-state index is 0.0394. The van der Waals surface area contributed by atoms with E-state index in [2.05, 4.69) is 27.4 Å². The smallest absolute Gasteiger partial charge is 0.157 e. The SMILES string of the molecule is C=C(COC1CC2CCC1(C)C2(C)C)C(C)=O.